The first-order valence-electron chi connectivity index (χ1n) is 7.22. The van der Waals surface area contributed by atoms with Crippen LogP contribution in [-0.2, 0) is 13.6 Å². The molecule has 0 unspecified atom stereocenters. The zero-order chi connectivity index (χ0) is 15.4. The molecule has 1 amide bonds. The van der Waals surface area contributed by atoms with Gasteiger partial charge < -0.3 is 15.2 Å². The van der Waals surface area contributed by atoms with Crippen LogP contribution in [0.4, 0.5) is 5.69 Å². The van der Waals surface area contributed by atoms with Crippen LogP contribution in [0.15, 0.2) is 36.5 Å². The first kappa shape index (κ1) is 15.2. The van der Waals surface area contributed by atoms with E-state index in [4.69, 9.17) is 0 Å². The number of rotatable bonds is 5. The summed E-state index contributed by atoms with van der Waals surface area (Å²) < 4.78 is 1.95. The first-order valence-corrected chi connectivity index (χ1v) is 7.22. The monoisotopic (exact) mass is 285 g/mol. The van der Waals surface area contributed by atoms with Crippen molar-refractivity contribution in [1.82, 2.24) is 9.88 Å². The number of aromatic nitrogens is 1. The third kappa shape index (κ3) is 4.12. The molecule has 2 aromatic rings. The van der Waals surface area contributed by atoms with Gasteiger partial charge in [-0.2, -0.15) is 0 Å². The molecule has 1 aromatic heterocycles. The molecule has 1 heterocycles. The highest BCUT2D eigenvalue weighted by Crippen LogP contribution is 2.12. The molecule has 0 saturated heterocycles. The van der Waals surface area contributed by atoms with Crippen molar-refractivity contribution in [2.45, 2.75) is 33.4 Å². The smallest absolute Gasteiger partial charge is 0.253 e. The van der Waals surface area contributed by atoms with E-state index in [0.717, 1.165) is 16.9 Å². The molecule has 0 spiro atoms. The van der Waals surface area contributed by atoms with Crippen molar-refractivity contribution in [3.05, 3.63) is 53.3 Å². The Kier molecular flexibility index (Phi) is 4.68. The van der Waals surface area contributed by atoms with E-state index in [0.29, 0.717) is 18.2 Å². The van der Waals surface area contributed by atoms with Crippen molar-refractivity contribution >= 4 is 11.6 Å². The summed E-state index contributed by atoms with van der Waals surface area (Å²) >= 11 is 0. The van der Waals surface area contributed by atoms with Crippen LogP contribution in [0.3, 0.4) is 0 Å². The minimum atomic E-state index is -0.0408. The molecular formula is C17H23N3O. The molecule has 4 nitrogen and oxygen atoms in total. The summed E-state index contributed by atoms with van der Waals surface area (Å²) in [4.78, 5) is 12.1. The van der Waals surface area contributed by atoms with Crippen molar-refractivity contribution in [3.63, 3.8) is 0 Å². The van der Waals surface area contributed by atoms with Gasteiger partial charge in [0.2, 0.25) is 0 Å². The Balaban J connectivity index is 1.97. The van der Waals surface area contributed by atoms with E-state index >= 15 is 0 Å². The van der Waals surface area contributed by atoms with Crippen molar-refractivity contribution < 1.29 is 4.79 Å². The Morgan fingerprint density at radius 1 is 1.29 bits per heavy atom. The van der Waals surface area contributed by atoms with Gasteiger partial charge in [-0.25, -0.2) is 0 Å². The number of carbonyl (C=O) groups is 1. The molecule has 4 heteroatoms. The van der Waals surface area contributed by atoms with Crippen LogP contribution in [0.2, 0.25) is 0 Å². The molecule has 1 aromatic carbocycles. The van der Waals surface area contributed by atoms with E-state index in [9.17, 15) is 4.79 Å². The van der Waals surface area contributed by atoms with E-state index in [-0.39, 0.29) is 5.91 Å². The minimum absolute atomic E-state index is 0.0408. The summed E-state index contributed by atoms with van der Waals surface area (Å²) in [5.74, 6) is -0.0408. The molecule has 0 aliphatic heterocycles. The number of amides is 1. The molecule has 0 bridgehead atoms. The summed E-state index contributed by atoms with van der Waals surface area (Å²) in [6, 6.07) is 10.4. The van der Waals surface area contributed by atoms with Gasteiger partial charge in [-0.05, 0) is 44.5 Å². The maximum atomic E-state index is 12.1. The van der Waals surface area contributed by atoms with Gasteiger partial charge in [0.25, 0.3) is 5.91 Å². The molecule has 2 rings (SSSR count). The maximum absolute atomic E-state index is 12.1. The lowest BCUT2D eigenvalue weighted by atomic mass is 10.2. The fourth-order valence-corrected chi connectivity index (χ4v) is 2.19. The second-order valence-electron chi connectivity index (χ2n) is 5.66. The van der Waals surface area contributed by atoms with Crippen LogP contribution >= 0.6 is 0 Å². The van der Waals surface area contributed by atoms with Crippen LogP contribution in [0.1, 0.15) is 35.5 Å². The predicted octanol–water partition coefficient (Wildman–Crippen LogP) is 3.08. The second-order valence-corrected chi connectivity index (χ2v) is 5.66. The van der Waals surface area contributed by atoms with Gasteiger partial charge in [0.05, 0.1) is 5.56 Å². The van der Waals surface area contributed by atoms with Crippen molar-refractivity contribution in [2.24, 2.45) is 7.05 Å². The summed E-state index contributed by atoms with van der Waals surface area (Å²) in [7, 11) is 1.94. The van der Waals surface area contributed by atoms with Crippen LogP contribution in [-0.4, -0.2) is 16.5 Å². The molecular weight excluding hydrogens is 262 g/mol. The summed E-state index contributed by atoms with van der Waals surface area (Å²) in [5, 5.41) is 6.32. The molecule has 0 saturated carbocycles. The van der Waals surface area contributed by atoms with E-state index in [1.165, 1.54) is 0 Å². The maximum Gasteiger partial charge on any atom is 0.253 e. The SMILES string of the molecule is Cc1cc(C(=O)NCc2cccc(NC(C)C)c2)cn1C. The Hall–Kier alpha value is -2.23. The predicted molar refractivity (Wildman–Crippen MR) is 86.5 cm³/mol. The molecule has 0 aliphatic carbocycles. The van der Waals surface area contributed by atoms with Crippen molar-refractivity contribution in [3.8, 4) is 0 Å². The van der Waals surface area contributed by atoms with Gasteiger partial charge in [-0.15, -0.1) is 0 Å². The average Bonchev–Trinajstić information content (AvgIpc) is 2.76. The number of hydrogen-bond acceptors (Lipinski definition) is 2. The van der Waals surface area contributed by atoms with Crippen molar-refractivity contribution in [2.75, 3.05) is 5.32 Å². The number of benzene rings is 1. The first-order chi connectivity index (χ1) is 9.95. The number of anilines is 1. The zero-order valence-electron chi connectivity index (χ0n) is 13.1. The molecule has 21 heavy (non-hydrogen) atoms. The highest BCUT2D eigenvalue weighted by Gasteiger charge is 2.08. The fourth-order valence-electron chi connectivity index (χ4n) is 2.19. The lowest BCUT2D eigenvalue weighted by Gasteiger charge is -2.11. The lowest BCUT2D eigenvalue weighted by molar-refractivity contribution is 0.0951. The Morgan fingerprint density at radius 2 is 2.05 bits per heavy atom. The third-order valence-corrected chi connectivity index (χ3v) is 3.35. The van der Waals surface area contributed by atoms with Gasteiger partial charge >= 0.3 is 0 Å². The van der Waals surface area contributed by atoms with Gasteiger partial charge in [-0.1, -0.05) is 12.1 Å². The Morgan fingerprint density at radius 3 is 2.67 bits per heavy atom. The topological polar surface area (TPSA) is 46.1 Å². The standard InChI is InChI=1S/C17H23N3O/c1-12(2)19-16-7-5-6-14(9-16)10-18-17(21)15-8-13(3)20(4)11-15/h5-9,11-12,19H,10H2,1-4H3,(H,18,21). The number of nitrogens with one attached hydrogen (secondary N) is 2. The van der Waals surface area contributed by atoms with Crippen LogP contribution < -0.4 is 10.6 Å². The van der Waals surface area contributed by atoms with Gasteiger partial charge in [0.15, 0.2) is 0 Å². The van der Waals surface area contributed by atoms with Crippen LogP contribution in [0.5, 0.6) is 0 Å². The van der Waals surface area contributed by atoms with E-state index < -0.39 is 0 Å². The highest BCUT2D eigenvalue weighted by molar-refractivity contribution is 5.94. The fraction of sp³-hybridized carbons (Fsp3) is 0.353. The molecule has 112 valence electrons. The Bertz CT molecular complexity index is 609. The quantitative estimate of drug-likeness (QED) is 0.887. The normalized spacial score (nSPS) is 10.7. The van der Waals surface area contributed by atoms with Gasteiger partial charge in [0.1, 0.15) is 0 Å². The van der Waals surface area contributed by atoms with E-state index in [2.05, 4.69) is 30.5 Å². The molecule has 0 atom stereocenters. The van der Waals surface area contributed by atoms with Gasteiger partial charge in [-0.3, -0.25) is 4.79 Å². The molecule has 0 aliphatic rings. The average molecular weight is 285 g/mol. The van der Waals surface area contributed by atoms with Gasteiger partial charge in [0, 0.05) is 37.2 Å². The summed E-state index contributed by atoms with van der Waals surface area (Å²) in [6.07, 6.45) is 1.85. The van der Waals surface area contributed by atoms with Crippen molar-refractivity contribution in [1.29, 1.82) is 0 Å². The second kappa shape index (κ2) is 6.48. The third-order valence-electron chi connectivity index (χ3n) is 3.35. The van der Waals surface area contributed by atoms with Crippen LogP contribution in [0.25, 0.3) is 0 Å². The summed E-state index contributed by atoms with van der Waals surface area (Å²) in [5.41, 5.74) is 3.93. The largest absolute Gasteiger partial charge is 0.383 e. The highest BCUT2D eigenvalue weighted by atomic mass is 16.1. The minimum Gasteiger partial charge on any atom is -0.383 e. The van der Waals surface area contributed by atoms with E-state index in [1.807, 2.05) is 49.0 Å². The van der Waals surface area contributed by atoms with E-state index in [1.54, 1.807) is 0 Å². The Labute approximate surface area is 126 Å². The number of hydrogen-bond donors (Lipinski definition) is 2. The van der Waals surface area contributed by atoms with Crippen LogP contribution in [0, 0.1) is 6.92 Å². The lowest BCUT2D eigenvalue weighted by Crippen LogP contribution is -2.22. The number of aryl methyl sites for hydroxylation is 2. The molecule has 2 N–H and O–H groups in total. The number of carbonyl (C=O) groups excluding carboxylic acids is 1. The number of nitrogens with zero attached hydrogens (tertiary/aromatic N) is 1. The molecule has 0 radical (unpaired) electrons. The summed E-state index contributed by atoms with van der Waals surface area (Å²) in [6.45, 7) is 6.72. The molecule has 0 fully saturated rings. The zero-order valence-corrected chi connectivity index (χ0v) is 13.1.